The maximum absolute atomic E-state index is 11.8. The fourth-order valence-corrected chi connectivity index (χ4v) is 2.25. The average Bonchev–Trinajstić information content (AvgIpc) is 2.87. The Morgan fingerprint density at radius 3 is 2.77 bits per heavy atom. The Balaban J connectivity index is 1.93. The molecule has 0 saturated carbocycles. The highest BCUT2D eigenvalue weighted by molar-refractivity contribution is 5.86. The van der Waals surface area contributed by atoms with Gasteiger partial charge in [0.2, 0.25) is 5.91 Å². The van der Waals surface area contributed by atoms with E-state index in [1.165, 1.54) is 0 Å². The Hall–Kier alpha value is -2.34. The van der Waals surface area contributed by atoms with Gasteiger partial charge in [-0.15, -0.1) is 0 Å². The lowest BCUT2D eigenvalue weighted by atomic mass is 10.1. The highest BCUT2D eigenvalue weighted by atomic mass is 16.4. The predicted octanol–water partition coefficient (Wildman–Crippen LogP) is 1.36. The van der Waals surface area contributed by atoms with Crippen molar-refractivity contribution in [1.29, 1.82) is 0 Å². The number of carboxylic acid groups (broad SMARTS) is 1. The number of nitrogens with one attached hydrogen (secondary N) is 2. The number of H-pyrrole nitrogens is 1. The molecule has 22 heavy (non-hydrogen) atoms. The van der Waals surface area contributed by atoms with E-state index in [9.17, 15) is 14.7 Å². The van der Waals surface area contributed by atoms with Crippen LogP contribution < -0.4 is 5.32 Å². The number of carbonyl (C=O) groups excluding carboxylic acids is 1. The number of hydrogen-bond donors (Lipinski definition) is 4. The fourth-order valence-electron chi connectivity index (χ4n) is 2.25. The number of aromatic amines is 1. The van der Waals surface area contributed by atoms with Crippen molar-refractivity contribution in [2.45, 2.75) is 32.3 Å². The first-order valence-electron chi connectivity index (χ1n) is 7.09. The number of carboxylic acids is 1. The Labute approximate surface area is 128 Å². The highest BCUT2D eigenvalue weighted by Gasteiger charge is 2.30. The van der Waals surface area contributed by atoms with Gasteiger partial charge in [-0.2, -0.15) is 0 Å². The van der Waals surface area contributed by atoms with Crippen molar-refractivity contribution in [3.63, 3.8) is 0 Å². The molecule has 1 unspecified atom stereocenters. The van der Waals surface area contributed by atoms with E-state index in [1.807, 2.05) is 31.3 Å². The van der Waals surface area contributed by atoms with Crippen LogP contribution in [0.1, 0.15) is 24.5 Å². The zero-order chi connectivity index (χ0) is 16.3. The molecule has 0 aliphatic carbocycles. The van der Waals surface area contributed by atoms with Gasteiger partial charge >= 0.3 is 5.97 Å². The quantitative estimate of drug-likeness (QED) is 0.647. The van der Waals surface area contributed by atoms with Crippen molar-refractivity contribution >= 4 is 22.8 Å². The molecule has 1 aromatic carbocycles. The van der Waals surface area contributed by atoms with Crippen LogP contribution in [-0.2, 0) is 16.0 Å². The summed E-state index contributed by atoms with van der Waals surface area (Å²) in [6, 6.07) is 5.99. The van der Waals surface area contributed by atoms with Crippen LogP contribution in [0.3, 0.4) is 0 Å². The van der Waals surface area contributed by atoms with Crippen molar-refractivity contribution in [3.8, 4) is 0 Å². The minimum absolute atomic E-state index is 0.233. The molecule has 118 valence electrons. The lowest BCUT2D eigenvalue weighted by Gasteiger charge is -2.18. The first kappa shape index (κ1) is 16.0. The standard InChI is InChI=1S/C16H20N2O4/c1-10-4-3-5-12-11(8-17-14(10)12)6-7-13(19)18-9-16(2,22)15(20)21/h3-5,8,17,22H,6-7,9H2,1-2H3,(H,18,19)(H,20,21). The van der Waals surface area contributed by atoms with E-state index in [1.54, 1.807) is 0 Å². The third-order valence-electron chi connectivity index (χ3n) is 3.72. The molecule has 0 fully saturated rings. The molecular weight excluding hydrogens is 284 g/mol. The molecule has 0 saturated heterocycles. The van der Waals surface area contributed by atoms with Gasteiger partial charge in [-0.3, -0.25) is 4.79 Å². The highest BCUT2D eigenvalue weighted by Crippen LogP contribution is 2.22. The van der Waals surface area contributed by atoms with E-state index in [4.69, 9.17) is 5.11 Å². The molecule has 0 radical (unpaired) electrons. The monoisotopic (exact) mass is 304 g/mol. The molecule has 0 aliphatic heterocycles. The third-order valence-corrected chi connectivity index (χ3v) is 3.72. The number of aliphatic hydroxyl groups is 1. The number of benzene rings is 1. The number of carbonyl (C=O) groups is 2. The Bertz CT molecular complexity index is 703. The summed E-state index contributed by atoms with van der Waals surface area (Å²) in [6.45, 7) is 2.86. The van der Waals surface area contributed by atoms with E-state index < -0.39 is 11.6 Å². The van der Waals surface area contributed by atoms with Crippen molar-refractivity contribution in [3.05, 3.63) is 35.5 Å². The summed E-state index contributed by atoms with van der Waals surface area (Å²) in [7, 11) is 0. The van der Waals surface area contributed by atoms with E-state index in [2.05, 4.69) is 10.3 Å². The zero-order valence-electron chi connectivity index (χ0n) is 12.6. The molecule has 1 heterocycles. The summed E-state index contributed by atoms with van der Waals surface area (Å²) in [6.07, 6.45) is 2.67. The van der Waals surface area contributed by atoms with Crippen molar-refractivity contribution in [2.75, 3.05) is 6.54 Å². The van der Waals surface area contributed by atoms with E-state index in [0.717, 1.165) is 29.0 Å². The summed E-state index contributed by atoms with van der Waals surface area (Å²) in [4.78, 5) is 25.7. The topological polar surface area (TPSA) is 102 Å². The third kappa shape index (κ3) is 3.46. The van der Waals surface area contributed by atoms with Crippen LogP contribution in [-0.4, -0.2) is 39.2 Å². The molecule has 6 nitrogen and oxygen atoms in total. The Kier molecular flexibility index (Phi) is 4.51. The maximum atomic E-state index is 11.8. The summed E-state index contributed by atoms with van der Waals surface area (Å²) < 4.78 is 0. The zero-order valence-corrected chi connectivity index (χ0v) is 12.6. The predicted molar refractivity (Wildman–Crippen MR) is 82.6 cm³/mol. The number of para-hydroxylation sites is 1. The summed E-state index contributed by atoms with van der Waals surface area (Å²) in [5, 5.41) is 21.9. The van der Waals surface area contributed by atoms with Crippen LogP contribution in [0.25, 0.3) is 10.9 Å². The van der Waals surface area contributed by atoms with E-state index in [0.29, 0.717) is 6.42 Å². The van der Waals surface area contributed by atoms with Gasteiger partial charge in [0.25, 0.3) is 0 Å². The van der Waals surface area contributed by atoms with Crippen LogP contribution in [0.5, 0.6) is 0 Å². The lowest BCUT2D eigenvalue weighted by Crippen LogP contribution is -2.46. The molecule has 0 bridgehead atoms. The van der Waals surface area contributed by atoms with Gasteiger partial charge in [0.15, 0.2) is 5.60 Å². The second-order valence-electron chi connectivity index (χ2n) is 5.67. The molecule has 6 heteroatoms. The Morgan fingerprint density at radius 2 is 2.09 bits per heavy atom. The molecular formula is C16H20N2O4. The van der Waals surface area contributed by atoms with Gasteiger partial charge < -0.3 is 20.5 Å². The van der Waals surface area contributed by atoms with Crippen LogP contribution in [0.15, 0.2) is 24.4 Å². The van der Waals surface area contributed by atoms with Crippen LogP contribution in [0, 0.1) is 6.92 Å². The number of hydrogen-bond acceptors (Lipinski definition) is 3. The van der Waals surface area contributed by atoms with E-state index in [-0.39, 0.29) is 18.9 Å². The van der Waals surface area contributed by atoms with Crippen molar-refractivity contribution < 1.29 is 19.8 Å². The van der Waals surface area contributed by atoms with Gasteiger partial charge in [-0.25, -0.2) is 4.79 Å². The van der Waals surface area contributed by atoms with Gasteiger partial charge in [0, 0.05) is 23.5 Å². The molecule has 4 N–H and O–H groups in total. The Morgan fingerprint density at radius 1 is 1.36 bits per heavy atom. The first-order valence-corrected chi connectivity index (χ1v) is 7.09. The summed E-state index contributed by atoms with van der Waals surface area (Å²) in [5.41, 5.74) is 1.30. The van der Waals surface area contributed by atoms with Gasteiger partial charge in [0.1, 0.15) is 0 Å². The first-order chi connectivity index (χ1) is 10.3. The minimum atomic E-state index is -1.95. The SMILES string of the molecule is Cc1cccc2c(CCC(=O)NCC(C)(O)C(=O)O)c[nH]c12. The molecule has 2 aromatic rings. The lowest BCUT2D eigenvalue weighted by molar-refractivity contribution is -0.156. The number of aromatic nitrogens is 1. The molecule has 0 aliphatic rings. The number of rotatable bonds is 6. The van der Waals surface area contributed by atoms with Crippen LogP contribution in [0.4, 0.5) is 0 Å². The number of amides is 1. The molecule has 0 spiro atoms. The number of aryl methyl sites for hydroxylation is 2. The maximum Gasteiger partial charge on any atom is 0.337 e. The van der Waals surface area contributed by atoms with Gasteiger partial charge in [0.05, 0.1) is 6.54 Å². The minimum Gasteiger partial charge on any atom is -0.479 e. The van der Waals surface area contributed by atoms with Crippen molar-refractivity contribution in [2.24, 2.45) is 0 Å². The molecule has 2 rings (SSSR count). The molecule has 1 atom stereocenters. The smallest absolute Gasteiger partial charge is 0.337 e. The second kappa shape index (κ2) is 6.19. The van der Waals surface area contributed by atoms with Gasteiger partial charge in [-0.1, -0.05) is 18.2 Å². The second-order valence-corrected chi connectivity index (χ2v) is 5.67. The average molecular weight is 304 g/mol. The molecule has 1 aromatic heterocycles. The summed E-state index contributed by atoms with van der Waals surface area (Å²) in [5.74, 6) is -1.65. The normalized spacial score (nSPS) is 13.8. The largest absolute Gasteiger partial charge is 0.479 e. The van der Waals surface area contributed by atoms with Crippen molar-refractivity contribution in [1.82, 2.24) is 10.3 Å². The van der Waals surface area contributed by atoms with Gasteiger partial charge in [-0.05, 0) is 31.4 Å². The fraction of sp³-hybridized carbons (Fsp3) is 0.375. The van der Waals surface area contributed by atoms with E-state index >= 15 is 0 Å². The number of aliphatic carboxylic acids is 1. The number of fused-ring (bicyclic) bond motifs is 1. The van der Waals surface area contributed by atoms with Crippen LogP contribution in [0.2, 0.25) is 0 Å². The van der Waals surface area contributed by atoms with Crippen LogP contribution >= 0.6 is 0 Å². The molecule has 1 amide bonds. The summed E-state index contributed by atoms with van der Waals surface area (Å²) >= 11 is 0.